The van der Waals surface area contributed by atoms with E-state index in [0.29, 0.717) is 18.0 Å². The van der Waals surface area contributed by atoms with Crippen LogP contribution in [-0.4, -0.2) is 19.1 Å². The molecule has 0 heterocycles. The van der Waals surface area contributed by atoms with Gasteiger partial charge in [-0.15, -0.1) is 0 Å². The van der Waals surface area contributed by atoms with Crippen LogP contribution in [0.3, 0.4) is 0 Å². The molecule has 29 heavy (non-hydrogen) atoms. The second kappa shape index (κ2) is 11.2. The molecule has 0 saturated heterocycles. The number of halogens is 1. The molecule has 0 aliphatic rings. The number of nitrogens with one attached hydrogen (secondary N) is 1. The lowest BCUT2D eigenvalue weighted by Gasteiger charge is -2.20. The average molecular weight is 462 g/mol. The Morgan fingerprint density at radius 3 is 2.52 bits per heavy atom. The van der Waals surface area contributed by atoms with Crippen molar-refractivity contribution in [2.24, 2.45) is 0 Å². The number of rotatable bonds is 10. The van der Waals surface area contributed by atoms with Gasteiger partial charge < -0.3 is 14.8 Å². The molecule has 0 radical (unpaired) electrons. The van der Waals surface area contributed by atoms with Crippen molar-refractivity contribution in [1.82, 2.24) is 0 Å². The highest BCUT2D eigenvalue weighted by Crippen LogP contribution is 2.31. The highest BCUT2D eigenvalue weighted by molar-refractivity contribution is 9.10. The fraction of sp³-hybridized carbons (Fsp3) is 0.458. The maximum atomic E-state index is 12.3. The summed E-state index contributed by atoms with van der Waals surface area (Å²) in [6.45, 7) is 9.30. The van der Waals surface area contributed by atoms with Crippen molar-refractivity contribution < 1.29 is 14.3 Å². The predicted molar refractivity (Wildman–Crippen MR) is 123 cm³/mol. The van der Waals surface area contributed by atoms with Gasteiger partial charge in [0.1, 0.15) is 11.5 Å². The van der Waals surface area contributed by atoms with Gasteiger partial charge in [-0.05, 0) is 57.6 Å². The molecule has 0 atom stereocenters. The molecule has 0 unspecified atom stereocenters. The summed E-state index contributed by atoms with van der Waals surface area (Å²) in [5.74, 6) is 1.20. The molecule has 2 aromatic rings. The van der Waals surface area contributed by atoms with Crippen LogP contribution in [0.25, 0.3) is 0 Å². The molecular weight excluding hydrogens is 430 g/mol. The topological polar surface area (TPSA) is 47.6 Å². The van der Waals surface area contributed by atoms with E-state index in [0.717, 1.165) is 16.6 Å². The Labute approximate surface area is 183 Å². The van der Waals surface area contributed by atoms with Crippen molar-refractivity contribution in [2.45, 2.75) is 58.8 Å². The molecule has 0 aliphatic carbocycles. The second-order valence-electron chi connectivity index (χ2n) is 8.17. The molecular formula is C24H32BrNO3. The van der Waals surface area contributed by atoms with Gasteiger partial charge >= 0.3 is 0 Å². The van der Waals surface area contributed by atoms with Gasteiger partial charge in [0.15, 0.2) is 6.61 Å². The van der Waals surface area contributed by atoms with Crippen LogP contribution in [0.4, 0.5) is 5.69 Å². The summed E-state index contributed by atoms with van der Waals surface area (Å²) in [7, 11) is 0. The molecule has 0 aliphatic heterocycles. The molecule has 1 N–H and O–H groups in total. The van der Waals surface area contributed by atoms with Crippen LogP contribution in [0.5, 0.6) is 11.5 Å². The SMILES string of the molecule is CCCCCCOc1cccc(NC(=O)COc2ccc(C(C)(C)C)cc2Br)c1. The van der Waals surface area contributed by atoms with Gasteiger partial charge in [-0.2, -0.15) is 0 Å². The van der Waals surface area contributed by atoms with E-state index in [4.69, 9.17) is 9.47 Å². The molecule has 5 heteroatoms. The minimum absolute atomic E-state index is 0.0571. The summed E-state index contributed by atoms with van der Waals surface area (Å²) in [6, 6.07) is 13.4. The van der Waals surface area contributed by atoms with Gasteiger partial charge in [0.2, 0.25) is 0 Å². The average Bonchev–Trinajstić information content (AvgIpc) is 2.66. The largest absolute Gasteiger partial charge is 0.494 e. The summed E-state index contributed by atoms with van der Waals surface area (Å²) in [5.41, 5.74) is 1.96. The van der Waals surface area contributed by atoms with Crippen LogP contribution >= 0.6 is 15.9 Å². The molecule has 0 aromatic heterocycles. The van der Waals surface area contributed by atoms with Crippen molar-refractivity contribution in [3.8, 4) is 11.5 Å². The maximum absolute atomic E-state index is 12.3. The standard InChI is InChI=1S/C24H32BrNO3/c1-5-6-7-8-14-28-20-11-9-10-19(16-20)26-23(27)17-29-22-13-12-18(15-21(22)25)24(2,3)4/h9-13,15-16H,5-8,14,17H2,1-4H3,(H,26,27). The fourth-order valence-corrected chi connectivity index (χ4v) is 3.30. The van der Waals surface area contributed by atoms with E-state index in [2.05, 4.69) is 48.9 Å². The monoisotopic (exact) mass is 461 g/mol. The number of benzene rings is 2. The van der Waals surface area contributed by atoms with Gasteiger partial charge in [0.05, 0.1) is 11.1 Å². The quantitative estimate of drug-likeness (QED) is 0.399. The summed E-state index contributed by atoms with van der Waals surface area (Å²) in [4.78, 5) is 12.3. The Morgan fingerprint density at radius 1 is 1.03 bits per heavy atom. The number of ether oxygens (including phenoxy) is 2. The lowest BCUT2D eigenvalue weighted by Crippen LogP contribution is -2.20. The van der Waals surface area contributed by atoms with E-state index in [-0.39, 0.29) is 17.9 Å². The molecule has 158 valence electrons. The van der Waals surface area contributed by atoms with Gasteiger partial charge in [-0.1, -0.05) is 59.1 Å². The number of unbranched alkanes of at least 4 members (excludes halogenated alkanes) is 3. The summed E-state index contributed by atoms with van der Waals surface area (Å²) in [6.07, 6.45) is 4.66. The third kappa shape index (κ3) is 8.09. The molecule has 0 fully saturated rings. The van der Waals surface area contributed by atoms with Gasteiger partial charge in [-0.3, -0.25) is 4.79 Å². The van der Waals surface area contributed by atoms with E-state index in [9.17, 15) is 4.79 Å². The summed E-state index contributed by atoms with van der Waals surface area (Å²) >= 11 is 3.53. The van der Waals surface area contributed by atoms with Gasteiger partial charge in [-0.25, -0.2) is 0 Å². The number of hydrogen-bond acceptors (Lipinski definition) is 3. The van der Waals surface area contributed by atoms with Crippen LogP contribution in [0, 0.1) is 0 Å². The summed E-state index contributed by atoms with van der Waals surface area (Å²) in [5, 5.41) is 2.86. The first-order valence-electron chi connectivity index (χ1n) is 10.2. The van der Waals surface area contributed by atoms with E-state index in [1.165, 1.54) is 24.8 Å². The van der Waals surface area contributed by atoms with E-state index in [1.54, 1.807) is 0 Å². The first-order chi connectivity index (χ1) is 13.8. The first-order valence-corrected chi connectivity index (χ1v) is 11.0. The Morgan fingerprint density at radius 2 is 1.83 bits per heavy atom. The molecule has 2 aromatic carbocycles. The van der Waals surface area contributed by atoms with Crippen LogP contribution < -0.4 is 14.8 Å². The zero-order valence-electron chi connectivity index (χ0n) is 17.9. The minimum atomic E-state index is -0.211. The Balaban J connectivity index is 1.84. The summed E-state index contributed by atoms with van der Waals surface area (Å²) < 4.78 is 12.3. The first kappa shape index (κ1) is 23.3. The Bertz CT molecular complexity index is 799. The van der Waals surface area contributed by atoms with Crippen molar-refractivity contribution in [3.63, 3.8) is 0 Å². The van der Waals surface area contributed by atoms with E-state index in [1.807, 2.05) is 42.5 Å². The van der Waals surface area contributed by atoms with Crippen molar-refractivity contribution in [1.29, 1.82) is 0 Å². The van der Waals surface area contributed by atoms with Crippen molar-refractivity contribution in [2.75, 3.05) is 18.5 Å². The predicted octanol–water partition coefficient (Wildman–Crippen LogP) is 6.72. The zero-order chi connectivity index (χ0) is 21.3. The molecule has 0 bridgehead atoms. The number of hydrogen-bond donors (Lipinski definition) is 1. The Hall–Kier alpha value is -2.01. The zero-order valence-corrected chi connectivity index (χ0v) is 19.5. The molecule has 2 rings (SSSR count). The fourth-order valence-electron chi connectivity index (χ4n) is 2.81. The lowest BCUT2D eigenvalue weighted by molar-refractivity contribution is -0.118. The van der Waals surface area contributed by atoms with Crippen LogP contribution in [0.2, 0.25) is 0 Å². The highest BCUT2D eigenvalue weighted by Gasteiger charge is 2.15. The number of carbonyl (C=O) groups is 1. The number of carbonyl (C=O) groups excluding carboxylic acids is 1. The third-order valence-corrected chi connectivity index (χ3v) is 5.16. The van der Waals surface area contributed by atoms with Crippen molar-refractivity contribution >= 4 is 27.5 Å². The number of anilines is 1. The van der Waals surface area contributed by atoms with Crippen LogP contribution in [-0.2, 0) is 10.2 Å². The molecule has 0 spiro atoms. The third-order valence-electron chi connectivity index (χ3n) is 4.54. The normalized spacial score (nSPS) is 11.2. The number of amides is 1. The molecule has 4 nitrogen and oxygen atoms in total. The maximum Gasteiger partial charge on any atom is 0.262 e. The van der Waals surface area contributed by atoms with Crippen molar-refractivity contribution in [3.05, 3.63) is 52.5 Å². The van der Waals surface area contributed by atoms with Gasteiger partial charge in [0.25, 0.3) is 5.91 Å². The smallest absolute Gasteiger partial charge is 0.262 e. The van der Waals surface area contributed by atoms with Crippen LogP contribution in [0.1, 0.15) is 58.9 Å². The van der Waals surface area contributed by atoms with Gasteiger partial charge in [0, 0.05) is 11.8 Å². The highest BCUT2D eigenvalue weighted by atomic mass is 79.9. The molecule has 1 amide bonds. The lowest BCUT2D eigenvalue weighted by atomic mass is 9.87. The minimum Gasteiger partial charge on any atom is -0.494 e. The van der Waals surface area contributed by atoms with Crippen LogP contribution in [0.15, 0.2) is 46.9 Å². The van der Waals surface area contributed by atoms with E-state index < -0.39 is 0 Å². The second-order valence-corrected chi connectivity index (χ2v) is 9.02. The van der Waals surface area contributed by atoms with E-state index >= 15 is 0 Å². The molecule has 0 saturated carbocycles. The Kier molecular flexibility index (Phi) is 9.02.